The first kappa shape index (κ1) is 51.2. The van der Waals surface area contributed by atoms with Crippen LogP contribution in [0, 0.1) is 0 Å². The Morgan fingerprint density at radius 2 is 1.47 bits per heavy atom. The molecule has 3 aliphatic heterocycles. The number of amides is 1. The largest absolute Gasteiger partial charge is 0.463 e. The van der Waals surface area contributed by atoms with E-state index in [1.807, 2.05) is 42.5 Å². The fourth-order valence-electron chi connectivity index (χ4n) is 7.86. The lowest BCUT2D eigenvalue weighted by Gasteiger charge is -2.51. The second kappa shape index (κ2) is 22.4. The van der Waals surface area contributed by atoms with Crippen LogP contribution in [-0.2, 0) is 63.2 Å². The third-order valence-corrected chi connectivity index (χ3v) is 12.2. The van der Waals surface area contributed by atoms with Crippen LogP contribution >= 0.6 is 46.6 Å². The number of hydrogen-bond acceptors (Lipinski definition) is 15. The standard InChI is InChI=1S/C46H44Cl3F3N2O13S/c1-24(55)59-21-32-37(62-25(2)56)39(63-26(3)57)35(53-20-29-15-8-10-18-31(29)46(50,51)52)42(64-32)67-40-36(54-44(58)61-23-45(47,48)49)43(68-34-19-11-16-27-12-7-9-17-30(27)34)65-33-22-60-41(66-38(33)40)28-13-5-4-6-14-28/h4-20,32-33,35-43H,21-23H2,1-3H3,(H,54,58)/t32-,33-,35-,36-,37-,38-,39-,40-,41-,42-,43+/m1/s1. The van der Waals surface area contributed by atoms with Gasteiger partial charge in [0.25, 0.3) is 0 Å². The molecule has 0 saturated carbocycles. The van der Waals surface area contributed by atoms with Gasteiger partial charge in [-0.3, -0.25) is 19.4 Å². The highest BCUT2D eigenvalue weighted by molar-refractivity contribution is 8.00. The first-order chi connectivity index (χ1) is 32.3. The molecule has 15 nitrogen and oxygen atoms in total. The Kier molecular flexibility index (Phi) is 16.8. The maximum Gasteiger partial charge on any atom is 0.417 e. The van der Waals surface area contributed by atoms with Gasteiger partial charge in [-0.05, 0) is 22.9 Å². The molecule has 4 aromatic carbocycles. The second-order valence-corrected chi connectivity index (χ2v) is 19.3. The van der Waals surface area contributed by atoms with Gasteiger partial charge in [-0.1, -0.05) is 131 Å². The number of carbonyl (C=O) groups excluding carboxylic acids is 4. The Morgan fingerprint density at radius 1 is 0.794 bits per heavy atom. The average Bonchev–Trinajstić information content (AvgIpc) is 3.28. The zero-order chi connectivity index (χ0) is 48.8. The van der Waals surface area contributed by atoms with E-state index in [0.29, 0.717) is 10.5 Å². The Hall–Kier alpha value is -4.70. The molecule has 4 aromatic rings. The summed E-state index contributed by atoms with van der Waals surface area (Å²) >= 11 is 19.1. The van der Waals surface area contributed by atoms with Gasteiger partial charge < -0.3 is 47.9 Å². The summed E-state index contributed by atoms with van der Waals surface area (Å²) in [4.78, 5) is 56.8. The molecule has 1 N–H and O–H groups in total. The average molecular weight is 1030 g/mol. The Balaban J connectivity index is 1.38. The van der Waals surface area contributed by atoms with Gasteiger partial charge in [0.15, 0.2) is 24.8 Å². The van der Waals surface area contributed by atoms with E-state index >= 15 is 0 Å². The number of thioether (sulfide) groups is 1. The van der Waals surface area contributed by atoms with Crippen molar-refractivity contribution in [2.45, 2.75) is 102 Å². The van der Waals surface area contributed by atoms with Crippen molar-refractivity contribution < 1.29 is 75.0 Å². The van der Waals surface area contributed by atoms with Gasteiger partial charge in [0, 0.05) is 43.0 Å². The highest BCUT2D eigenvalue weighted by atomic mass is 35.6. The van der Waals surface area contributed by atoms with Gasteiger partial charge in [0.1, 0.15) is 49.1 Å². The van der Waals surface area contributed by atoms with Crippen molar-refractivity contribution in [1.29, 1.82) is 0 Å². The van der Waals surface area contributed by atoms with Crippen molar-refractivity contribution in [3.8, 4) is 0 Å². The van der Waals surface area contributed by atoms with E-state index in [2.05, 4.69) is 10.3 Å². The molecule has 7 rings (SSSR count). The van der Waals surface area contributed by atoms with Crippen molar-refractivity contribution >= 4 is 87.6 Å². The van der Waals surface area contributed by atoms with Crippen LogP contribution in [0.2, 0.25) is 0 Å². The topological polar surface area (TPSA) is 176 Å². The van der Waals surface area contributed by atoms with Crippen LogP contribution in [-0.4, -0.2) is 114 Å². The van der Waals surface area contributed by atoms with Crippen LogP contribution in [0.4, 0.5) is 18.0 Å². The fraction of sp³-hybridized carbons (Fsp3) is 0.413. The van der Waals surface area contributed by atoms with Crippen LogP contribution in [0.3, 0.4) is 0 Å². The molecule has 0 aliphatic carbocycles. The number of esters is 3. The fourth-order valence-corrected chi connectivity index (χ4v) is 9.31. The minimum absolute atomic E-state index is 0.0812. The summed E-state index contributed by atoms with van der Waals surface area (Å²) in [5, 5.41) is 4.51. The lowest BCUT2D eigenvalue weighted by atomic mass is 9.94. The number of carbonyl (C=O) groups is 4. The molecule has 22 heteroatoms. The number of benzene rings is 4. The van der Waals surface area contributed by atoms with Crippen molar-refractivity contribution in [2.24, 2.45) is 4.99 Å². The lowest BCUT2D eigenvalue weighted by molar-refractivity contribution is -0.343. The molecule has 0 unspecified atom stereocenters. The molecule has 3 aliphatic rings. The van der Waals surface area contributed by atoms with E-state index in [9.17, 15) is 32.3 Å². The number of rotatable bonds is 13. The maximum absolute atomic E-state index is 14.3. The molecular formula is C46H44Cl3F3N2O13S. The number of ether oxygens (including phenoxy) is 9. The molecule has 68 heavy (non-hydrogen) atoms. The molecular weight excluding hydrogens is 984 g/mol. The van der Waals surface area contributed by atoms with E-state index < -0.39 is 125 Å². The minimum Gasteiger partial charge on any atom is -0.463 e. The van der Waals surface area contributed by atoms with E-state index in [1.165, 1.54) is 30.0 Å². The van der Waals surface area contributed by atoms with Gasteiger partial charge >= 0.3 is 30.2 Å². The second-order valence-electron chi connectivity index (χ2n) is 15.6. The number of alkyl halides is 6. The third kappa shape index (κ3) is 13.1. The van der Waals surface area contributed by atoms with Crippen LogP contribution in [0.15, 0.2) is 107 Å². The van der Waals surface area contributed by atoms with Crippen LogP contribution in [0.5, 0.6) is 0 Å². The summed E-state index contributed by atoms with van der Waals surface area (Å²) in [6.07, 6.45) is -16.0. The number of nitrogens with zero attached hydrogens (tertiary/aromatic N) is 1. The first-order valence-electron chi connectivity index (χ1n) is 20.9. The highest BCUT2D eigenvalue weighted by Crippen LogP contribution is 2.43. The van der Waals surface area contributed by atoms with Gasteiger partial charge in [-0.2, -0.15) is 13.2 Å². The quantitative estimate of drug-likeness (QED) is 0.0586. The number of halogens is 6. The maximum atomic E-state index is 14.3. The van der Waals surface area contributed by atoms with Crippen LogP contribution in [0.1, 0.15) is 43.8 Å². The highest BCUT2D eigenvalue weighted by Gasteiger charge is 2.57. The minimum atomic E-state index is -4.82. The Morgan fingerprint density at radius 3 is 2.18 bits per heavy atom. The van der Waals surface area contributed by atoms with Crippen LogP contribution in [0.25, 0.3) is 10.8 Å². The molecule has 0 radical (unpaired) electrons. The van der Waals surface area contributed by atoms with Crippen molar-refractivity contribution in [2.75, 3.05) is 19.8 Å². The number of alkyl carbamates (subject to hydrolysis) is 1. The third-order valence-electron chi connectivity index (χ3n) is 10.7. The molecule has 1 amide bonds. The number of nitrogens with one attached hydrogen (secondary N) is 1. The predicted molar refractivity (Wildman–Crippen MR) is 241 cm³/mol. The van der Waals surface area contributed by atoms with Gasteiger partial charge in [0.05, 0.1) is 18.2 Å². The van der Waals surface area contributed by atoms with E-state index in [4.69, 9.17) is 77.4 Å². The molecule has 3 saturated heterocycles. The molecule has 3 heterocycles. The van der Waals surface area contributed by atoms with E-state index in [1.54, 1.807) is 30.3 Å². The smallest absolute Gasteiger partial charge is 0.417 e. The van der Waals surface area contributed by atoms with Gasteiger partial charge in [-0.25, -0.2) is 4.79 Å². The summed E-state index contributed by atoms with van der Waals surface area (Å²) in [7, 11) is 0. The summed E-state index contributed by atoms with van der Waals surface area (Å²) in [5.41, 5.74) is -1.92. The Bertz CT molecular complexity index is 2450. The Labute approximate surface area is 407 Å². The number of hydrogen-bond donors (Lipinski definition) is 1. The van der Waals surface area contributed by atoms with Crippen molar-refractivity contribution in [1.82, 2.24) is 5.32 Å². The molecule has 11 atom stereocenters. The van der Waals surface area contributed by atoms with E-state index in [0.717, 1.165) is 43.8 Å². The zero-order valence-electron chi connectivity index (χ0n) is 36.2. The predicted octanol–water partition coefficient (Wildman–Crippen LogP) is 8.28. The van der Waals surface area contributed by atoms with Crippen molar-refractivity contribution in [3.63, 3.8) is 0 Å². The summed E-state index contributed by atoms with van der Waals surface area (Å²) in [6, 6.07) is 23.7. The first-order valence-corrected chi connectivity index (χ1v) is 23.0. The monoisotopic (exact) mass is 1030 g/mol. The van der Waals surface area contributed by atoms with Crippen LogP contribution < -0.4 is 5.32 Å². The SMILES string of the molecule is CC(=O)OC[C@H]1O[C@H](O[C@@H]2[C@@H](NC(=O)OCC(Cl)(Cl)Cl)[C@H](Sc3cccc4ccccc34)O[C@@H]3CO[C@@H](c4ccccc4)O[C@@H]23)[C@H](N=Cc2ccccc2C(F)(F)F)[C@@H](OC(C)=O)[C@@H]1OC(C)=O. The number of aliphatic imine (C=N–C) groups is 1. The zero-order valence-corrected chi connectivity index (χ0v) is 39.3. The summed E-state index contributed by atoms with van der Waals surface area (Å²) < 4.78 is 96.0. The van der Waals surface area contributed by atoms with E-state index in [-0.39, 0.29) is 6.61 Å². The lowest BCUT2D eigenvalue weighted by Crippen LogP contribution is -2.69. The molecule has 3 fully saturated rings. The molecule has 0 spiro atoms. The molecule has 364 valence electrons. The molecule has 0 aromatic heterocycles. The van der Waals surface area contributed by atoms with Gasteiger partial charge in [-0.15, -0.1) is 0 Å². The van der Waals surface area contributed by atoms with Crippen molar-refractivity contribution in [3.05, 3.63) is 114 Å². The summed E-state index contributed by atoms with van der Waals surface area (Å²) in [5.74, 6) is -2.56. The number of fused-ring (bicyclic) bond motifs is 2. The van der Waals surface area contributed by atoms with Gasteiger partial charge in [0.2, 0.25) is 3.79 Å². The molecule has 0 bridgehead atoms. The normalized spacial score (nSPS) is 27.5. The summed E-state index contributed by atoms with van der Waals surface area (Å²) in [6.45, 7) is 1.88.